The molecule has 0 amide bonds. The van der Waals surface area contributed by atoms with Crippen LogP contribution < -0.4 is 28.1 Å². The first-order chi connectivity index (χ1) is 19.9. The van der Waals surface area contributed by atoms with Crippen LogP contribution >= 0.6 is 23.2 Å². The van der Waals surface area contributed by atoms with Crippen molar-refractivity contribution < 1.29 is 46.1 Å². The van der Waals surface area contributed by atoms with E-state index in [-0.39, 0.29) is 35.6 Å². The molecule has 44 heavy (non-hydrogen) atoms. The summed E-state index contributed by atoms with van der Waals surface area (Å²) in [5.41, 5.74) is 11.2. The maximum absolute atomic E-state index is 6.66. The molecule has 6 rings (SSSR count). The molecular formula is C39H38Cl4Zr. The van der Waals surface area contributed by atoms with Gasteiger partial charge < -0.3 is 24.8 Å². The van der Waals surface area contributed by atoms with Crippen LogP contribution in [-0.4, -0.2) is 3.21 Å². The second-order valence-electron chi connectivity index (χ2n) is 13.7. The summed E-state index contributed by atoms with van der Waals surface area (Å²) in [5, 5.41) is 1.53. The summed E-state index contributed by atoms with van der Waals surface area (Å²) in [6, 6.07) is 29.2. The number of rotatable bonds is 4. The number of hydrogen-bond donors (Lipinski definition) is 0. The van der Waals surface area contributed by atoms with Crippen molar-refractivity contribution in [2.45, 2.75) is 62.4 Å². The maximum Gasteiger partial charge on any atom is -1.00 e. The van der Waals surface area contributed by atoms with Crippen LogP contribution in [0.2, 0.25) is 13.7 Å². The third-order valence-electron chi connectivity index (χ3n) is 8.62. The predicted octanol–water partition coefficient (Wildman–Crippen LogP) is 4.59. The van der Waals surface area contributed by atoms with Crippen LogP contribution in [0.3, 0.4) is 0 Å². The first kappa shape index (κ1) is 35.1. The Kier molecular flexibility index (Phi) is 10.8. The normalized spacial score (nSPS) is 13.4. The number of halogens is 4. The predicted molar refractivity (Wildman–Crippen MR) is 180 cm³/mol. The van der Waals surface area contributed by atoms with Gasteiger partial charge in [0.15, 0.2) is 0 Å². The summed E-state index contributed by atoms with van der Waals surface area (Å²) < 4.78 is 3.43. The van der Waals surface area contributed by atoms with Crippen LogP contribution in [0.4, 0.5) is 0 Å². The molecule has 5 heteroatoms. The monoisotopic (exact) mass is 736 g/mol. The average molecular weight is 740 g/mol. The summed E-state index contributed by atoms with van der Waals surface area (Å²) in [5.74, 6) is 0. The summed E-state index contributed by atoms with van der Waals surface area (Å²) >= 11 is 10.5. The molecule has 0 heterocycles. The van der Waals surface area contributed by atoms with Crippen molar-refractivity contribution in [3.05, 3.63) is 147 Å². The van der Waals surface area contributed by atoms with E-state index in [9.17, 15) is 0 Å². The van der Waals surface area contributed by atoms with Crippen LogP contribution in [0.1, 0.15) is 74.9 Å². The fraction of sp³-hybridized carbons (Fsp3) is 0.256. The van der Waals surface area contributed by atoms with Crippen molar-refractivity contribution in [3.8, 4) is 11.1 Å². The zero-order valence-electron chi connectivity index (χ0n) is 26.1. The molecule has 0 saturated carbocycles. The fourth-order valence-electron chi connectivity index (χ4n) is 6.29. The van der Waals surface area contributed by atoms with E-state index in [1.165, 1.54) is 47.7 Å². The van der Waals surface area contributed by atoms with E-state index >= 15 is 0 Å². The summed E-state index contributed by atoms with van der Waals surface area (Å²) in [4.78, 5) is 0. The molecule has 0 bridgehead atoms. The van der Waals surface area contributed by atoms with Gasteiger partial charge in [0.2, 0.25) is 0 Å². The van der Waals surface area contributed by atoms with Crippen molar-refractivity contribution in [2.24, 2.45) is 0 Å². The van der Waals surface area contributed by atoms with Gasteiger partial charge in [-0.2, -0.15) is 0 Å². The number of fused-ring (bicyclic) bond motifs is 3. The Morgan fingerprint density at radius 2 is 1.20 bits per heavy atom. The van der Waals surface area contributed by atoms with E-state index in [1.54, 1.807) is 3.27 Å². The molecule has 0 saturated heterocycles. The number of benzene rings is 4. The first-order valence-electron chi connectivity index (χ1n) is 14.8. The number of hydrogen-bond acceptors (Lipinski definition) is 0. The molecule has 2 aliphatic carbocycles. The van der Waals surface area contributed by atoms with E-state index in [4.69, 9.17) is 23.2 Å². The van der Waals surface area contributed by atoms with Crippen molar-refractivity contribution >= 4 is 29.7 Å². The summed E-state index contributed by atoms with van der Waals surface area (Å²) in [6.07, 6.45) is 10.3. The second kappa shape index (κ2) is 13.6. The van der Waals surface area contributed by atoms with E-state index in [2.05, 4.69) is 133 Å². The molecule has 0 fully saturated rings. The summed E-state index contributed by atoms with van der Waals surface area (Å²) in [6.45, 7) is 14.0. The van der Waals surface area contributed by atoms with Crippen molar-refractivity contribution in [3.63, 3.8) is 0 Å². The van der Waals surface area contributed by atoms with Crippen LogP contribution in [0.5, 0.6) is 0 Å². The standard InChI is InChI=1S/C21H25.C13H8Cl2.C5H5.2ClH.Zr/c1-20(2,3)16-9-7-14-11-15-8-10-17(21(4,5)6)13-19(15)18(14)12-16;14-12-5-1-3-10(8-12)7-11-4-2-6-13(15)9-11;1-2-4-5-3-1;;;/h7,9-10,12-13H,11H2,1-6H3;1-6,8-9H;1-5H;2*1H;/q;;;;;+2/p-2. The van der Waals surface area contributed by atoms with Crippen LogP contribution in [-0.2, 0) is 38.5 Å². The third-order valence-corrected chi connectivity index (χ3v) is 16.9. The maximum atomic E-state index is 6.66. The molecule has 0 unspecified atom stereocenters. The SMILES string of the molecule is CC(C)(C)c1ccc2c(c1)-c1cc(C(C)(C)C)c[c]([Zr+2](=[C](c3cccc(Cl)c3)c3cccc(Cl)c3)[CH]3C=CC=C3)c1C2.[Cl-].[Cl-]. The molecule has 226 valence electrons. The van der Waals surface area contributed by atoms with Gasteiger partial charge in [0.25, 0.3) is 0 Å². The fourth-order valence-corrected chi connectivity index (χ4v) is 14.9. The average Bonchev–Trinajstić information content (AvgIpc) is 3.58. The second-order valence-corrected chi connectivity index (χ2v) is 20.8. The van der Waals surface area contributed by atoms with Crippen LogP contribution in [0, 0.1) is 0 Å². The Bertz CT molecular complexity index is 1740. The zero-order valence-corrected chi connectivity index (χ0v) is 31.6. The van der Waals surface area contributed by atoms with E-state index in [0.717, 1.165) is 16.5 Å². The first-order valence-corrected chi connectivity index (χ1v) is 19.5. The molecule has 0 atom stereocenters. The van der Waals surface area contributed by atoms with E-state index < -0.39 is 21.3 Å². The minimum absolute atomic E-state index is 0. The van der Waals surface area contributed by atoms with Gasteiger partial charge in [0, 0.05) is 0 Å². The van der Waals surface area contributed by atoms with Gasteiger partial charge in [-0.1, -0.05) is 0 Å². The Morgan fingerprint density at radius 1 is 0.659 bits per heavy atom. The van der Waals surface area contributed by atoms with E-state index in [1.807, 2.05) is 12.1 Å². The van der Waals surface area contributed by atoms with Crippen molar-refractivity contribution in [2.75, 3.05) is 0 Å². The molecule has 0 radical (unpaired) electrons. The topological polar surface area (TPSA) is 0 Å². The Labute approximate surface area is 293 Å². The van der Waals surface area contributed by atoms with Gasteiger partial charge in [0.1, 0.15) is 0 Å². The zero-order chi connectivity index (χ0) is 29.8. The number of allylic oxidation sites excluding steroid dienone is 4. The van der Waals surface area contributed by atoms with Crippen molar-refractivity contribution in [1.82, 2.24) is 0 Å². The quantitative estimate of drug-likeness (QED) is 0.253. The Balaban J connectivity index is 0.00000221. The van der Waals surface area contributed by atoms with Crippen LogP contribution in [0.15, 0.2) is 103 Å². The summed E-state index contributed by atoms with van der Waals surface area (Å²) in [7, 11) is 0. The van der Waals surface area contributed by atoms with E-state index in [0.29, 0.717) is 3.63 Å². The van der Waals surface area contributed by atoms with Gasteiger partial charge in [-0.25, -0.2) is 0 Å². The Morgan fingerprint density at radius 3 is 1.73 bits per heavy atom. The Hall–Kier alpha value is -1.73. The van der Waals surface area contributed by atoms with Crippen molar-refractivity contribution in [1.29, 1.82) is 0 Å². The smallest absolute Gasteiger partial charge is 1.00 e. The van der Waals surface area contributed by atoms with Gasteiger partial charge in [-0.3, -0.25) is 0 Å². The molecule has 0 aromatic heterocycles. The van der Waals surface area contributed by atoms with Gasteiger partial charge in [-0.15, -0.1) is 0 Å². The molecular weight excluding hydrogens is 701 g/mol. The molecule has 4 aromatic rings. The molecule has 2 aliphatic rings. The molecule has 0 nitrogen and oxygen atoms in total. The molecule has 0 spiro atoms. The molecule has 0 aliphatic heterocycles. The van der Waals surface area contributed by atoms with Gasteiger partial charge in [-0.05, 0) is 0 Å². The minimum atomic E-state index is -2.79. The van der Waals surface area contributed by atoms with Gasteiger partial charge in [0.05, 0.1) is 0 Å². The molecule has 0 N–H and O–H groups in total. The van der Waals surface area contributed by atoms with Gasteiger partial charge >= 0.3 is 271 Å². The molecule has 4 aromatic carbocycles. The largest absolute Gasteiger partial charge is 1.00 e. The third kappa shape index (κ3) is 6.99. The minimum Gasteiger partial charge on any atom is -1.00 e. The van der Waals surface area contributed by atoms with Crippen LogP contribution in [0.25, 0.3) is 11.1 Å².